The molecule has 3 aliphatic heterocycles. The van der Waals surface area contributed by atoms with Crippen LogP contribution in [0.15, 0.2) is 24.5 Å². The van der Waals surface area contributed by atoms with Crippen molar-refractivity contribution in [3.05, 3.63) is 40.9 Å². The van der Waals surface area contributed by atoms with Gasteiger partial charge in [0.25, 0.3) is 6.43 Å². The van der Waals surface area contributed by atoms with Crippen LogP contribution in [0, 0.1) is 6.92 Å². The number of hydrogen-bond donors (Lipinski definition) is 2. The van der Waals surface area contributed by atoms with Crippen LogP contribution in [0.2, 0.25) is 5.02 Å². The smallest absolute Gasteiger partial charge is 0.326 e. The van der Waals surface area contributed by atoms with Crippen LogP contribution in [0.5, 0.6) is 5.88 Å². The number of halogens is 3. The molecular weight excluding hydrogens is 564 g/mol. The number of carbonyl (C=O) groups is 1. The molecular formula is C26H28ClF2N7O5. The molecule has 6 heterocycles. The van der Waals surface area contributed by atoms with Crippen LogP contribution in [0.4, 0.5) is 20.3 Å². The van der Waals surface area contributed by atoms with E-state index in [2.05, 4.69) is 30.0 Å². The first kappa shape index (κ1) is 27.5. The summed E-state index contributed by atoms with van der Waals surface area (Å²) in [6.07, 6.45) is -0.515. The van der Waals surface area contributed by atoms with E-state index in [1.165, 1.54) is 17.2 Å². The van der Waals surface area contributed by atoms with Crippen molar-refractivity contribution >= 4 is 29.1 Å². The third-order valence-corrected chi connectivity index (χ3v) is 8.09. The summed E-state index contributed by atoms with van der Waals surface area (Å²) in [7, 11) is 0. The van der Waals surface area contributed by atoms with E-state index in [9.17, 15) is 18.7 Å². The number of aromatic amines is 1. The second kappa shape index (κ2) is 10.7. The Morgan fingerprint density at radius 3 is 2.73 bits per heavy atom. The Bertz CT molecular complexity index is 1460. The molecule has 0 radical (unpaired) electrons. The molecule has 41 heavy (non-hydrogen) atoms. The van der Waals surface area contributed by atoms with Gasteiger partial charge in [0, 0.05) is 25.2 Å². The molecule has 0 aromatic carbocycles. The van der Waals surface area contributed by atoms with Gasteiger partial charge < -0.3 is 29.1 Å². The highest BCUT2D eigenvalue weighted by molar-refractivity contribution is 6.30. The summed E-state index contributed by atoms with van der Waals surface area (Å²) in [5.74, 6) is -1.50. The molecule has 0 saturated carbocycles. The highest BCUT2D eigenvalue weighted by atomic mass is 35.5. The number of ether oxygens (including phenoxy) is 3. The van der Waals surface area contributed by atoms with E-state index in [0.717, 1.165) is 0 Å². The molecule has 3 aromatic rings. The highest BCUT2D eigenvalue weighted by Gasteiger charge is 2.50. The SMILES string of the molecule is Cc1cn[nH]c1-c1cc(N2C[C@@H](Oc3ncc(Cl)cc3N3CCOC4(COC4)[C@@H]3C)C[C@H]2C(=O)O)nc(C(F)F)n1. The maximum Gasteiger partial charge on any atom is 0.326 e. The number of aromatic nitrogens is 5. The average Bonchev–Trinajstić information content (AvgIpc) is 3.55. The molecule has 3 saturated heterocycles. The number of rotatable bonds is 7. The van der Waals surface area contributed by atoms with Gasteiger partial charge in [0.05, 0.1) is 55.0 Å². The third-order valence-electron chi connectivity index (χ3n) is 7.88. The molecule has 0 bridgehead atoms. The maximum absolute atomic E-state index is 13.8. The van der Waals surface area contributed by atoms with Crippen LogP contribution in [-0.4, -0.2) is 92.9 Å². The first-order valence-corrected chi connectivity index (χ1v) is 13.5. The zero-order valence-electron chi connectivity index (χ0n) is 22.3. The fourth-order valence-corrected chi connectivity index (χ4v) is 5.73. The number of morpholine rings is 1. The van der Waals surface area contributed by atoms with Gasteiger partial charge in [0.1, 0.15) is 29.3 Å². The number of alkyl halides is 2. The lowest BCUT2D eigenvalue weighted by atomic mass is 9.90. The number of aliphatic carboxylic acids is 1. The fraction of sp³-hybridized carbons (Fsp3) is 0.500. The topological polar surface area (TPSA) is 139 Å². The number of carboxylic acids is 1. The van der Waals surface area contributed by atoms with Crippen molar-refractivity contribution < 1.29 is 32.9 Å². The van der Waals surface area contributed by atoms with E-state index < -0.39 is 36.0 Å². The lowest BCUT2D eigenvalue weighted by Crippen LogP contribution is -2.68. The fourth-order valence-electron chi connectivity index (χ4n) is 5.57. The molecule has 15 heteroatoms. The molecule has 3 aromatic heterocycles. The zero-order valence-corrected chi connectivity index (χ0v) is 23.0. The lowest BCUT2D eigenvalue weighted by molar-refractivity contribution is -0.228. The van der Waals surface area contributed by atoms with Gasteiger partial charge in [-0.15, -0.1) is 0 Å². The molecule has 3 atom stereocenters. The zero-order chi connectivity index (χ0) is 28.9. The number of aryl methyl sites for hydroxylation is 1. The van der Waals surface area contributed by atoms with Crippen LogP contribution in [0.3, 0.4) is 0 Å². The Kier molecular flexibility index (Phi) is 7.16. The Morgan fingerprint density at radius 1 is 1.27 bits per heavy atom. The number of anilines is 2. The van der Waals surface area contributed by atoms with E-state index in [0.29, 0.717) is 54.2 Å². The van der Waals surface area contributed by atoms with Crippen molar-refractivity contribution in [2.75, 3.05) is 42.7 Å². The Balaban J connectivity index is 1.30. The minimum atomic E-state index is -2.96. The Hall–Kier alpha value is -3.62. The van der Waals surface area contributed by atoms with Crippen molar-refractivity contribution in [2.45, 2.75) is 50.5 Å². The second-order valence-corrected chi connectivity index (χ2v) is 10.9. The van der Waals surface area contributed by atoms with Gasteiger partial charge in [-0.1, -0.05) is 11.6 Å². The first-order valence-electron chi connectivity index (χ1n) is 13.1. The van der Waals surface area contributed by atoms with Crippen LogP contribution >= 0.6 is 11.6 Å². The molecule has 3 fully saturated rings. The average molecular weight is 592 g/mol. The molecule has 0 unspecified atom stereocenters. The number of H-pyrrole nitrogens is 1. The maximum atomic E-state index is 13.8. The summed E-state index contributed by atoms with van der Waals surface area (Å²) in [5, 5.41) is 17.2. The summed E-state index contributed by atoms with van der Waals surface area (Å²) < 4.78 is 45.4. The number of nitrogens with one attached hydrogen (secondary N) is 1. The molecule has 0 aliphatic carbocycles. The normalized spacial score (nSPS) is 23.7. The van der Waals surface area contributed by atoms with E-state index in [1.54, 1.807) is 19.2 Å². The quantitative estimate of drug-likeness (QED) is 0.418. The van der Waals surface area contributed by atoms with Gasteiger partial charge in [0.2, 0.25) is 5.88 Å². The van der Waals surface area contributed by atoms with Crippen molar-refractivity contribution in [3.63, 3.8) is 0 Å². The number of pyridine rings is 1. The Labute approximate surface area is 238 Å². The van der Waals surface area contributed by atoms with Crippen LogP contribution < -0.4 is 14.5 Å². The van der Waals surface area contributed by atoms with Gasteiger partial charge in [-0.25, -0.2) is 28.5 Å². The predicted molar refractivity (Wildman–Crippen MR) is 143 cm³/mol. The summed E-state index contributed by atoms with van der Waals surface area (Å²) in [4.78, 5) is 28.3. The predicted octanol–water partition coefficient (Wildman–Crippen LogP) is 3.27. The summed E-state index contributed by atoms with van der Waals surface area (Å²) >= 11 is 6.33. The molecule has 0 amide bonds. The number of carboxylic acid groups (broad SMARTS) is 1. The Morgan fingerprint density at radius 2 is 2.07 bits per heavy atom. The monoisotopic (exact) mass is 591 g/mol. The van der Waals surface area contributed by atoms with Crippen molar-refractivity contribution in [2.24, 2.45) is 0 Å². The minimum Gasteiger partial charge on any atom is -0.480 e. The molecule has 1 spiro atoms. The molecule has 2 N–H and O–H groups in total. The van der Waals surface area contributed by atoms with Crippen LogP contribution in [-0.2, 0) is 14.3 Å². The van der Waals surface area contributed by atoms with E-state index in [1.807, 2.05) is 6.92 Å². The molecule has 12 nitrogen and oxygen atoms in total. The van der Waals surface area contributed by atoms with Gasteiger partial charge in [0.15, 0.2) is 5.82 Å². The summed E-state index contributed by atoms with van der Waals surface area (Å²) in [6, 6.07) is 2.10. The van der Waals surface area contributed by atoms with Crippen molar-refractivity contribution in [1.29, 1.82) is 0 Å². The highest BCUT2D eigenvalue weighted by Crippen LogP contribution is 2.40. The van der Waals surface area contributed by atoms with E-state index in [4.69, 9.17) is 25.8 Å². The lowest BCUT2D eigenvalue weighted by Gasteiger charge is -2.53. The second-order valence-electron chi connectivity index (χ2n) is 10.4. The van der Waals surface area contributed by atoms with E-state index >= 15 is 0 Å². The first-order chi connectivity index (χ1) is 19.6. The third kappa shape index (κ3) is 5.04. The molecule has 218 valence electrons. The van der Waals surface area contributed by atoms with Crippen LogP contribution in [0.25, 0.3) is 11.4 Å². The van der Waals surface area contributed by atoms with Crippen molar-refractivity contribution in [3.8, 4) is 17.3 Å². The summed E-state index contributed by atoms with van der Waals surface area (Å²) in [6.45, 7) is 5.88. The largest absolute Gasteiger partial charge is 0.480 e. The number of nitrogens with zero attached hydrogens (tertiary/aromatic N) is 6. The van der Waals surface area contributed by atoms with Crippen LogP contribution in [0.1, 0.15) is 31.2 Å². The summed E-state index contributed by atoms with van der Waals surface area (Å²) in [5.41, 5.74) is 1.55. The van der Waals surface area contributed by atoms with Gasteiger partial charge in [-0.2, -0.15) is 5.10 Å². The van der Waals surface area contributed by atoms with Gasteiger partial charge >= 0.3 is 5.97 Å². The minimum absolute atomic E-state index is 0.0517. The molecule has 6 rings (SSSR count). The number of hydrogen-bond acceptors (Lipinski definition) is 10. The van der Waals surface area contributed by atoms with Gasteiger partial charge in [-0.05, 0) is 25.5 Å². The molecule has 3 aliphatic rings. The van der Waals surface area contributed by atoms with Crippen molar-refractivity contribution in [1.82, 2.24) is 25.1 Å². The standard InChI is InChI=1S/C26H28ClF2N7O5/c1-13-8-31-34-21(13)17-7-20(33-23(32-17)22(28)29)36-10-16(6-19(36)25(37)38)41-24-18(5-15(27)9-30-24)35-3-4-40-26(14(35)2)11-39-12-26/h5,7-9,14,16,19,22H,3-4,6,10-12H2,1-2H3,(H,31,34)(H,37,38)/t14-,16-,19-/m0/s1. The van der Waals surface area contributed by atoms with Gasteiger partial charge in [-0.3, -0.25) is 5.10 Å². The van der Waals surface area contributed by atoms with E-state index in [-0.39, 0.29) is 30.5 Å².